The number of hydrogen-bond acceptors (Lipinski definition) is 8. The van der Waals surface area contributed by atoms with Crippen LogP contribution in [0, 0.1) is 6.92 Å². The van der Waals surface area contributed by atoms with Gasteiger partial charge >= 0.3 is 0 Å². The molecule has 0 aliphatic heterocycles. The topological polar surface area (TPSA) is 103 Å². The van der Waals surface area contributed by atoms with Crippen LogP contribution in [0.2, 0.25) is 0 Å². The minimum atomic E-state index is -0.294. The maximum Gasteiger partial charge on any atom is 0.247 e. The SMILES string of the molecule is Cc1oc(-c2ccccc2)nc1CCOc1ccc(C(Cc2nnc(-c3ccccc3)o2)Nc2ccccc2C(=O)c2ccccc2)cc1. The largest absolute Gasteiger partial charge is 0.493 e. The van der Waals surface area contributed by atoms with Crippen LogP contribution in [0.15, 0.2) is 148 Å². The molecule has 8 heteroatoms. The molecule has 0 aliphatic rings. The van der Waals surface area contributed by atoms with Crippen molar-refractivity contribution in [3.63, 3.8) is 0 Å². The van der Waals surface area contributed by atoms with Gasteiger partial charge in [-0.25, -0.2) is 4.98 Å². The zero-order chi connectivity index (χ0) is 33.4. The molecule has 0 saturated carbocycles. The van der Waals surface area contributed by atoms with Gasteiger partial charge in [0.25, 0.3) is 0 Å². The molecule has 0 spiro atoms. The molecule has 7 rings (SSSR count). The minimum absolute atomic E-state index is 0.0615. The molecule has 1 atom stereocenters. The second-order valence-electron chi connectivity index (χ2n) is 11.6. The molecular formula is C41H34N4O4. The van der Waals surface area contributed by atoms with Crippen molar-refractivity contribution in [3.05, 3.63) is 174 Å². The quantitative estimate of drug-likeness (QED) is 0.124. The van der Waals surface area contributed by atoms with E-state index in [-0.39, 0.29) is 11.8 Å². The fourth-order valence-electron chi connectivity index (χ4n) is 5.63. The van der Waals surface area contributed by atoms with Crippen molar-refractivity contribution in [2.45, 2.75) is 25.8 Å². The third-order valence-electron chi connectivity index (χ3n) is 8.21. The lowest BCUT2D eigenvalue weighted by molar-refractivity contribution is 0.103. The number of hydrogen-bond donors (Lipinski definition) is 1. The van der Waals surface area contributed by atoms with Crippen molar-refractivity contribution in [1.29, 1.82) is 0 Å². The van der Waals surface area contributed by atoms with Gasteiger partial charge in [-0.05, 0) is 61.0 Å². The molecule has 242 valence electrons. The van der Waals surface area contributed by atoms with Gasteiger partial charge in [-0.1, -0.05) is 91.0 Å². The number of rotatable bonds is 13. The van der Waals surface area contributed by atoms with E-state index >= 15 is 0 Å². The molecule has 0 fully saturated rings. The Hall–Kier alpha value is -6.28. The van der Waals surface area contributed by atoms with Crippen LogP contribution >= 0.6 is 0 Å². The number of carbonyl (C=O) groups excluding carboxylic acids is 1. The Kier molecular flexibility index (Phi) is 9.36. The average molecular weight is 647 g/mol. The second kappa shape index (κ2) is 14.6. The lowest BCUT2D eigenvalue weighted by Crippen LogP contribution is -2.16. The molecule has 0 bridgehead atoms. The number of ether oxygens (including phenoxy) is 1. The number of para-hydroxylation sites is 1. The van der Waals surface area contributed by atoms with E-state index in [0.717, 1.165) is 33.9 Å². The summed E-state index contributed by atoms with van der Waals surface area (Å²) in [5.74, 6) is 3.00. The van der Waals surface area contributed by atoms with Crippen LogP contribution < -0.4 is 10.1 Å². The third-order valence-corrected chi connectivity index (χ3v) is 8.21. The first kappa shape index (κ1) is 31.3. The van der Waals surface area contributed by atoms with E-state index in [1.165, 1.54) is 0 Å². The van der Waals surface area contributed by atoms with Gasteiger partial charge in [-0.3, -0.25) is 4.79 Å². The zero-order valence-electron chi connectivity index (χ0n) is 27.0. The Morgan fingerprint density at radius 2 is 1.35 bits per heavy atom. The lowest BCUT2D eigenvalue weighted by Gasteiger charge is -2.21. The molecule has 0 saturated heterocycles. The van der Waals surface area contributed by atoms with Crippen molar-refractivity contribution in [1.82, 2.24) is 15.2 Å². The molecule has 0 aliphatic carbocycles. The Labute approximate surface area is 284 Å². The fourth-order valence-corrected chi connectivity index (χ4v) is 5.63. The summed E-state index contributed by atoms with van der Waals surface area (Å²) in [6, 6.07) is 44.0. The van der Waals surface area contributed by atoms with Crippen LogP contribution in [0.3, 0.4) is 0 Å². The van der Waals surface area contributed by atoms with E-state index in [2.05, 4.69) is 20.5 Å². The first-order chi connectivity index (χ1) is 24.1. The Bertz CT molecular complexity index is 2130. The highest BCUT2D eigenvalue weighted by Crippen LogP contribution is 2.30. The Morgan fingerprint density at radius 3 is 2.06 bits per heavy atom. The molecule has 49 heavy (non-hydrogen) atoms. The number of aromatic nitrogens is 3. The molecule has 0 amide bonds. The predicted molar refractivity (Wildman–Crippen MR) is 188 cm³/mol. The van der Waals surface area contributed by atoms with Gasteiger partial charge < -0.3 is 18.9 Å². The Balaban J connectivity index is 1.09. The third kappa shape index (κ3) is 7.49. The molecule has 5 aromatic carbocycles. The number of ketones is 1. The smallest absolute Gasteiger partial charge is 0.247 e. The maximum absolute atomic E-state index is 13.5. The second-order valence-corrected chi connectivity index (χ2v) is 11.6. The fraction of sp³-hybridized carbons (Fsp3) is 0.122. The first-order valence-corrected chi connectivity index (χ1v) is 16.2. The van der Waals surface area contributed by atoms with Crippen LogP contribution in [-0.4, -0.2) is 27.6 Å². The van der Waals surface area contributed by atoms with Crippen LogP contribution in [0.4, 0.5) is 5.69 Å². The van der Waals surface area contributed by atoms with Crippen molar-refractivity contribution in [2.24, 2.45) is 0 Å². The molecule has 7 aromatic rings. The van der Waals surface area contributed by atoms with Gasteiger partial charge in [0.2, 0.25) is 17.7 Å². The van der Waals surface area contributed by atoms with E-state index in [1.807, 2.05) is 146 Å². The van der Waals surface area contributed by atoms with E-state index in [1.54, 1.807) is 0 Å². The average Bonchev–Trinajstić information content (AvgIpc) is 3.79. The standard InChI is InChI=1S/C41H34N4O4/c1-28-35(43-40(48-28)31-15-7-3-8-16-31)25-26-47-33-23-21-29(22-24-33)37(27-38-44-45-41(49-38)32-17-9-4-10-18-32)42-36-20-12-11-19-34(36)39(46)30-13-5-2-6-14-30/h2-24,37,42H,25-27H2,1H3. The molecule has 8 nitrogen and oxygen atoms in total. The molecule has 2 heterocycles. The van der Waals surface area contributed by atoms with Gasteiger partial charge in [0, 0.05) is 34.4 Å². The normalized spacial score (nSPS) is 11.6. The first-order valence-electron chi connectivity index (χ1n) is 16.2. The van der Waals surface area contributed by atoms with Crippen LogP contribution in [0.25, 0.3) is 22.9 Å². The summed E-state index contributed by atoms with van der Waals surface area (Å²) in [5.41, 5.74) is 5.54. The molecule has 1 unspecified atom stereocenters. The number of nitrogens with zero attached hydrogens (tertiary/aromatic N) is 3. The Morgan fingerprint density at radius 1 is 0.714 bits per heavy atom. The summed E-state index contributed by atoms with van der Waals surface area (Å²) in [7, 11) is 0. The molecular weight excluding hydrogens is 612 g/mol. The monoisotopic (exact) mass is 646 g/mol. The van der Waals surface area contributed by atoms with E-state index < -0.39 is 0 Å². The summed E-state index contributed by atoms with van der Waals surface area (Å²) in [6.45, 7) is 2.37. The number of anilines is 1. The van der Waals surface area contributed by atoms with E-state index in [9.17, 15) is 4.79 Å². The van der Waals surface area contributed by atoms with E-state index in [0.29, 0.717) is 53.9 Å². The highest BCUT2D eigenvalue weighted by molar-refractivity contribution is 6.12. The van der Waals surface area contributed by atoms with E-state index in [4.69, 9.17) is 13.6 Å². The summed E-state index contributed by atoms with van der Waals surface area (Å²) in [5, 5.41) is 12.3. The summed E-state index contributed by atoms with van der Waals surface area (Å²) >= 11 is 0. The highest BCUT2D eigenvalue weighted by atomic mass is 16.5. The summed E-state index contributed by atoms with van der Waals surface area (Å²) in [6.07, 6.45) is 1.00. The van der Waals surface area contributed by atoms with Crippen LogP contribution in [0.5, 0.6) is 5.75 Å². The van der Waals surface area contributed by atoms with Gasteiger partial charge in [0.1, 0.15) is 11.5 Å². The number of oxazole rings is 1. The van der Waals surface area contributed by atoms with Gasteiger partial charge in [-0.15, -0.1) is 10.2 Å². The number of aryl methyl sites for hydroxylation is 1. The predicted octanol–water partition coefficient (Wildman–Crippen LogP) is 8.95. The summed E-state index contributed by atoms with van der Waals surface area (Å²) in [4.78, 5) is 18.2. The molecule has 2 aromatic heterocycles. The zero-order valence-corrected chi connectivity index (χ0v) is 27.0. The van der Waals surface area contributed by atoms with Crippen molar-refractivity contribution in [3.8, 4) is 28.7 Å². The summed E-state index contributed by atoms with van der Waals surface area (Å²) < 4.78 is 18.1. The molecule has 1 N–H and O–H groups in total. The van der Waals surface area contributed by atoms with Crippen molar-refractivity contribution in [2.75, 3.05) is 11.9 Å². The maximum atomic E-state index is 13.5. The van der Waals surface area contributed by atoms with Crippen molar-refractivity contribution >= 4 is 11.5 Å². The van der Waals surface area contributed by atoms with Gasteiger partial charge in [0.05, 0.1) is 24.8 Å². The lowest BCUT2D eigenvalue weighted by atomic mass is 9.99. The van der Waals surface area contributed by atoms with Gasteiger partial charge in [0.15, 0.2) is 5.78 Å². The number of nitrogens with one attached hydrogen (secondary N) is 1. The van der Waals surface area contributed by atoms with Crippen LogP contribution in [-0.2, 0) is 12.8 Å². The van der Waals surface area contributed by atoms with Crippen molar-refractivity contribution < 1.29 is 18.4 Å². The minimum Gasteiger partial charge on any atom is -0.493 e. The number of carbonyl (C=O) groups is 1. The molecule has 0 radical (unpaired) electrons. The number of benzene rings is 5. The van der Waals surface area contributed by atoms with Gasteiger partial charge in [-0.2, -0.15) is 0 Å². The highest BCUT2D eigenvalue weighted by Gasteiger charge is 2.21. The van der Waals surface area contributed by atoms with Crippen LogP contribution in [0.1, 0.15) is 44.9 Å².